The molecule has 1 heterocycles. The third-order valence-electron chi connectivity index (χ3n) is 5.16. The molecule has 0 atom stereocenters. The summed E-state index contributed by atoms with van der Waals surface area (Å²) in [5.41, 5.74) is 2.73. The summed E-state index contributed by atoms with van der Waals surface area (Å²) in [5.74, 6) is 0.389. The molecule has 1 fully saturated rings. The van der Waals surface area contributed by atoms with Gasteiger partial charge in [0.05, 0.1) is 25.3 Å². The van der Waals surface area contributed by atoms with E-state index < -0.39 is 5.97 Å². The van der Waals surface area contributed by atoms with Gasteiger partial charge in [-0.25, -0.2) is 14.8 Å². The van der Waals surface area contributed by atoms with Gasteiger partial charge in [-0.2, -0.15) is 0 Å². The van der Waals surface area contributed by atoms with Gasteiger partial charge in [0.25, 0.3) is 0 Å². The zero-order valence-electron chi connectivity index (χ0n) is 16.7. The van der Waals surface area contributed by atoms with Crippen molar-refractivity contribution in [3.8, 4) is 11.5 Å². The second kappa shape index (κ2) is 8.82. The molecule has 4 rings (SSSR count). The molecule has 1 N–H and O–H groups in total. The zero-order valence-corrected chi connectivity index (χ0v) is 16.7. The summed E-state index contributed by atoms with van der Waals surface area (Å²) in [7, 11) is 1.62. The fraction of sp³-hybridized carbons (Fsp3) is 0.261. The smallest absolute Gasteiger partial charge is 0.335 e. The van der Waals surface area contributed by atoms with Crippen molar-refractivity contribution in [3.05, 3.63) is 72.3 Å². The fourth-order valence-electron chi connectivity index (χ4n) is 3.33. The van der Waals surface area contributed by atoms with Crippen LogP contribution in [-0.4, -0.2) is 34.3 Å². The maximum Gasteiger partial charge on any atom is 0.335 e. The molecule has 2 aromatic carbocycles. The van der Waals surface area contributed by atoms with Gasteiger partial charge >= 0.3 is 5.97 Å². The number of ether oxygens (including phenoxy) is 2. The van der Waals surface area contributed by atoms with Crippen LogP contribution in [0, 0.1) is 0 Å². The highest BCUT2D eigenvalue weighted by Gasteiger charge is 2.22. The lowest BCUT2D eigenvalue weighted by molar-refractivity contribution is 0.0697. The van der Waals surface area contributed by atoms with Crippen LogP contribution in [0.1, 0.15) is 35.2 Å². The Morgan fingerprint density at radius 3 is 2.53 bits per heavy atom. The van der Waals surface area contributed by atoms with Crippen LogP contribution in [0.4, 0.5) is 11.4 Å². The third-order valence-corrected chi connectivity index (χ3v) is 5.16. The van der Waals surface area contributed by atoms with Gasteiger partial charge in [-0.05, 0) is 49.6 Å². The molecule has 0 bridgehead atoms. The Balaban J connectivity index is 1.74. The molecule has 0 radical (unpaired) electrons. The molecule has 7 heteroatoms. The van der Waals surface area contributed by atoms with Crippen LogP contribution in [0.25, 0.3) is 0 Å². The molecule has 1 saturated carbocycles. The topological polar surface area (TPSA) is 84.8 Å². The minimum Gasteiger partial charge on any atom is -0.493 e. The number of anilines is 2. The van der Waals surface area contributed by atoms with E-state index in [0.29, 0.717) is 18.0 Å². The quantitative estimate of drug-likeness (QED) is 0.592. The molecule has 0 saturated heterocycles. The number of hydrogen-bond donors (Lipinski definition) is 1. The molecule has 0 spiro atoms. The van der Waals surface area contributed by atoms with Crippen LogP contribution in [0.2, 0.25) is 0 Å². The number of hydrogen-bond acceptors (Lipinski definition) is 6. The highest BCUT2D eigenvalue weighted by Crippen LogP contribution is 2.38. The first kappa shape index (κ1) is 19.7. The van der Waals surface area contributed by atoms with E-state index in [1.807, 2.05) is 29.2 Å². The summed E-state index contributed by atoms with van der Waals surface area (Å²) in [6.45, 7) is 0.471. The van der Waals surface area contributed by atoms with E-state index in [1.165, 1.54) is 12.7 Å². The summed E-state index contributed by atoms with van der Waals surface area (Å²) >= 11 is 0. The molecule has 0 aliphatic heterocycles. The van der Waals surface area contributed by atoms with Crippen molar-refractivity contribution in [2.24, 2.45) is 0 Å². The zero-order chi connectivity index (χ0) is 20.9. The number of methoxy groups -OCH3 is 1. The number of aromatic nitrogens is 2. The Labute approximate surface area is 174 Å². The van der Waals surface area contributed by atoms with Crippen molar-refractivity contribution < 1.29 is 19.4 Å². The monoisotopic (exact) mass is 405 g/mol. The maximum absolute atomic E-state index is 11.5. The molecule has 0 amide bonds. The Morgan fingerprint density at radius 1 is 1.10 bits per heavy atom. The number of carbonyl (C=O) groups is 1. The molecular weight excluding hydrogens is 382 g/mol. The summed E-state index contributed by atoms with van der Waals surface area (Å²) in [6, 6.07) is 12.6. The second-order valence-electron chi connectivity index (χ2n) is 7.19. The van der Waals surface area contributed by atoms with Crippen molar-refractivity contribution in [2.75, 3.05) is 12.0 Å². The molecule has 30 heavy (non-hydrogen) atoms. The Hall–Kier alpha value is -3.61. The lowest BCUT2D eigenvalue weighted by atomic mass is 9.96. The highest BCUT2D eigenvalue weighted by atomic mass is 16.5. The van der Waals surface area contributed by atoms with Gasteiger partial charge in [-0.15, -0.1) is 0 Å². The number of carboxylic acid groups (broad SMARTS) is 1. The predicted molar refractivity (Wildman–Crippen MR) is 113 cm³/mol. The van der Waals surface area contributed by atoms with E-state index in [0.717, 1.165) is 29.8 Å². The maximum atomic E-state index is 11.5. The van der Waals surface area contributed by atoms with Crippen molar-refractivity contribution in [1.82, 2.24) is 9.97 Å². The van der Waals surface area contributed by atoms with Crippen LogP contribution in [0.3, 0.4) is 0 Å². The molecule has 0 unspecified atom stereocenters. The minimum atomic E-state index is -0.969. The summed E-state index contributed by atoms with van der Waals surface area (Å²) in [5, 5.41) is 9.42. The molecular formula is C23H23N3O4. The normalized spacial score (nSPS) is 13.4. The number of aromatic carboxylic acids is 1. The van der Waals surface area contributed by atoms with Gasteiger partial charge in [0.15, 0.2) is 11.5 Å². The van der Waals surface area contributed by atoms with Crippen molar-refractivity contribution in [3.63, 3.8) is 0 Å². The van der Waals surface area contributed by atoms with E-state index in [4.69, 9.17) is 9.47 Å². The largest absolute Gasteiger partial charge is 0.493 e. The van der Waals surface area contributed by atoms with E-state index in [2.05, 4.69) is 9.97 Å². The molecule has 154 valence electrons. The van der Waals surface area contributed by atoms with E-state index in [-0.39, 0.29) is 11.7 Å². The van der Waals surface area contributed by atoms with Crippen molar-refractivity contribution >= 4 is 17.3 Å². The molecule has 1 aromatic heterocycles. The first-order valence-corrected chi connectivity index (χ1v) is 9.83. The predicted octanol–water partition coefficient (Wildman–Crippen LogP) is 4.45. The van der Waals surface area contributed by atoms with Crippen LogP contribution in [0.5, 0.6) is 11.5 Å². The van der Waals surface area contributed by atoms with Crippen LogP contribution in [0.15, 0.2) is 61.2 Å². The molecule has 3 aromatic rings. The fourth-order valence-corrected chi connectivity index (χ4v) is 3.33. The van der Waals surface area contributed by atoms with E-state index in [1.54, 1.807) is 37.7 Å². The molecule has 1 aliphatic carbocycles. The summed E-state index contributed by atoms with van der Waals surface area (Å²) < 4.78 is 11.6. The van der Waals surface area contributed by atoms with Crippen molar-refractivity contribution in [1.29, 1.82) is 0 Å². The number of rotatable bonds is 8. The standard InChI is InChI=1S/C23H23N3O4/c1-29-21-9-8-19(11-22(21)30-20-6-3-7-20)26(14-16-12-24-15-25-13-16)18-5-2-4-17(10-18)23(27)28/h2,4-5,8-13,15,20H,3,6-7,14H2,1H3,(H,27,28). The van der Waals surface area contributed by atoms with Crippen LogP contribution < -0.4 is 14.4 Å². The average Bonchev–Trinajstić information content (AvgIpc) is 2.75. The van der Waals surface area contributed by atoms with Crippen LogP contribution in [-0.2, 0) is 6.54 Å². The van der Waals surface area contributed by atoms with Gasteiger partial charge in [-0.3, -0.25) is 0 Å². The minimum absolute atomic E-state index is 0.209. The number of benzene rings is 2. The van der Waals surface area contributed by atoms with Crippen LogP contribution >= 0.6 is 0 Å². The first-order valence-electron chi connectivity index (χ1n) is 9.83. The van der Waals surface area contributed by atoms with E-state index in [9.17, 15) is 9.90 Å². The number of carboxylic acids is 1. The SMILES string of the molecule is COc1ccc(N(Cc2cncnc2)c2cccc(C(=O)O)c2)cc1OC1CCC1. The lowest BCUT2D eigenvalue weighted by Gasteiger charge is -2.29. The van der Waals surface area contributed by atoms with Gasteiger partial charge in [0, 0.05) is 35.4 Å². The molecule has 1 aliphatic rings. The van der Waals surface area contributed by atoms with Crippen molar-refractivity contribution in [2.45, 2.75) is 31.9 Å². The number of nitrogens with zero attached hydrogens (tertiary/aromatic N) is 3. The second-order valence-corrected chi connectivity index (χ2v) is 7.19. The Kier molecular flexibility index (Phi) is 5.79. The molecule has 7 nitrogen and oxygen atoms in total. The van der Waals surface area contributed by atoms with Gasteiger partial charge in [-0.1, -0.05) is 6.07 Å². The van der Waals surface area contributed by atoms with E-state index >= 15 is 0 Å². The Morgan fingerprint density at radius 2 is 1.87 bits per heavy atom. The highest BCUT2D eigenvalue weighted by molar-refractivity contribution is 5.89. The van der Waals surface area contributed by atoms with Gasteiger partial charge in [0.1, 0.15) is 6.33 Å². The Bertz CT molecular complexity index is 1020. The summed E-state index contributed by atoms with van der Waals surface area (Å²) in [4.78, 5) is 21.7. The average molecular weight is 405 g/mol. The lowest BCUT2D eigenvalue weighted by Crippen LogP contribution is -2.25. The summed E-state index contributed by atoms with van der Waals surface area (Å²) in [6.07, 6.45) is 8.44. The third kappa shape index (κ3) is 4.35. The van der Waals surface area contributed by atoms with Gasteiger partial charge in [0.2, 0.25) is 0 Å². The van der Waals surface area contributed by atoms with Gasteiger partial charge < -0.3 is 19.5 Å². The first-order chi connectivity index (χ1) is 14.6.